The normalized spacial score (nSPS) is 15.6. The van der Waals surface area contributed by atoms with Crippen molar-refractivity contribution in [1.29, 1.82) is 0 Å². The molecule has 0 N–H and O–H groups in total. The van der Waals surface area contributed by atoms with Gasteiger partial charge in [0, 0.05) is 46.6 Å². The molecule has 9 heteroatoms. The lowest BCUT2D eigenvalue weighted by Crippen LogP contribution is -2.44. The summed E-state index contributed by atoms with van der Waals surface area (Å²) in [7, 11) is 2.89. The second-order valence-corrected chi connectivity index (χ2v) is 6.44. The quantitative estimate of drug-likeness (QED) is 0.766. The Labute approximate surface area is 143 Å². The van der Waals surface area contributed by atoms with Gasteiger partial charge in [-0.15, -0.1) is 0 Å². The summed E-state index contributed by atoms with van der Waals surface area (Å²) in [4.78, 5) is 42.4. The summed E-state index contributed by atoms with van der Waals surface area (Å²) in [5.41, 5.74) is -0.854. The highest BCUT2D eigenvalue weighted by Crippen LogP contribution is 2.21. The van der Waals surface area contributed by atoms with Crippen LogP contribution in [0.4, 0.5) is 0 Å². The van der Waals surface area contributed by atoms with E-state index in [2.05, 4.69) is 10.1 Å². The maximum Gasteiger partial charge on any atom is 0.331 e. The van der Waals surface area contributed by atoms with Gasteiger partial charge in [-0.2, -0.15) is 4.98 Å². The van der Waals surface area contributed by atoms with Gasteiger partial charge in [0.05, 0.1) is 0 Å². The van der Waals surface area contributed by atoms with E-state index < -0.39 is 11.2 Å². The highest BCUT2D eigenvalue weighted by atomic mass is 16.5. The molecule has 0 atom stereocenters. The summed E-state index contributed by atoms with van der Waals surface area (Å²) in [6, 6.07) is 1.22. The first-order valence-electron chi connectivity index (χ1n) is 8.22. The molecule has 0 aromatic carbocycles. The van der Waals surface area contributed by atoms with E-state index in [1.807, 2.05) is 0 Å². The van der Waals surface area contributed by atoms with Gasteiger partial charge in [-0.25, -0.2) is 4.79 Å². The lowest BCUT2D eigenvalue weighted by atomic mass is 9.93. The van der Waals surface area contributed by atoms with Gasteiger partial charge < -0.3 is 9.42 Å². The minimum Gasteiger partial charge on any atom is -0.340 e. The first kappa shape index (κ1) is 17.1. The number of nitrogens with zero attached hydrogens (tertiary/aromatic N) is 5. The fourth-order valence-electron chi connectivity index (χ4n) is 3.12. The summed E-state index contributed by atoms with van der Waals surface area (Å²) in [5, 5.41) is 3.91. The van der Waals surface area contributed by atoms with Crippen molar-refractivity contribution in [3.63, 3.8) is 0 Å². The summed E-state index contributed by atoms with van der Waals surface area (Å²) in [5.74, 6) is 1.34. The number of piperidine rings is 1. The van der Waals surface area contributed by atoms with E-state index in [1.54, 1.807) is 11.8 Å². The number of hydrogen-bond acceptors (Lipinski definition) is 6. The highest BCUT2D eigenvalue weighted by Gasteiger charge is 2.26. The monoisotopic (exact) mass is 347 g/mol. The minimum atomic E-state index is -0.502. The molecule has 2 aromatic heterocycles. The molecule has 0 unspecified atom stereocenters. The molecular formula is C16H21N5O4. The topological polar surface area (TPSA) is 103 Å². The Morgan fingerprint density at radius 3 is 2.52 bits per heavy atom. The van der Waals surface area contributed by atoms with E-state index >= 15 is 0 Å². The molecule has 3 rings (SSSR count). The van der Waals surface area contributed by atoms with Crippen LogP contribution in [0.15, 0.2) is 20.2 Å². The van der Waals surface area contributed by atoms with Gasteiger partial charge >= 0.3 is 5.69 Å². The third-order valence-corrected chi connectivity index (χ3v) is 4.69. The Morgan fingerprint density at radius 1 is 1.24 bits per heavy atom. The molecule has 1 aliphatic rings. The van der Waals surface area contributed by atoms with E-state index in [-0.39, 0.29) is 11.6 Å². The molecular weight excluding hydrogens is 326 g/mol. The molecule has 0 saturated carbocycles. The van der Waals surface area contributed by atoms with E-state index in [1.165, 1.54) is 24.7 Å². The Balaban J connectivity index is 1.68. The second kappa shape index (κ2) is 6.66. The van der Waals surface area contributed by atoms with Crippen LogP contribution in [0.2, 0.25) is 0 Å². The SMILES string of the molecule is Cc1nc(CC2CCN(C(=O)c3cc(=O)n(C)c(=O)n3C)CC2)no1. The van der Waals surface area contributed by atoms with Gasteiger partial charge in [0.1, 0.15) is 5.69 Å². The van der Waals surface area contributed by atoms with E-state index in [0.717, 1.165) is 23.8 Å². The molecule has 0 bridgehead atoms. The van der Waals surface area contributed by atoms with Gasteiger partial charge in [-0.05, 0) is 18.8 Å². The van der Waals surface area contributed by atoms with Crippen LogP contribution in [-0.2, 0) is 20.5 Å². The predicted molar refractivity (Wildman–Crippen MR) is 88.3 cm³/mol. The zero-order chi connectivity index (χ0) is 18.1. The van der Waals surface area contributed by atoms with Gasteiger partial charge in [0.15, 0.2) is 5.82 Å². The van der Waals surface area contributed by atoms with Crippen molar-refractivity contribution < 1.29 is 9.32 Å². The van der Waals surface area contributed by atoms with Crippen LogP contribution < -0.4 is 11.2 Å². The van der Waals surface area contributed by atoms with Crippen LogP contribution in [0.25, 0.3) is 0 Å². The van der Waals surface area contributed by atoms with Gasteiger partial charge in [-0.3, -0.25) is 18.7 Å². The van der Waals surface area contributed by atoms with Gasteiger partial charge in [0.2, 0.25) is 5.89 Å². The van der Waals surface area contributed by atoms with Crippen molar-refractivity contribution in [3.8, 4) is 0 Å². The van der Waals surface area contributed by atoms with Crippen LogP contribution in [0.3, 0.4) is 0 Å². The van der Waals surface area contributed by atoms with Crippen molar-refractivity contribution in [2.45, 2.75) is 26.2 Å². The Morgan fingerprint density at radius 2 is 1.92 bits per heavy atom. The van der Waals surface area contributed by atoms with Crippen LogP contribution in [-0.4, -0.2) is 43.2 Å². The molecule has 2 aromatic rings. The fourth-order valence-corrected chi connectivity index (χ4v) is 3.12. The molecule has 0 aliphatic carbocycles. The number of aryl methyl sites for hydroxylation is 1. The second-order valence-electron chi connectivity index (χ2n) is 6.44. The molecule has 134 valence electrons. The van der Waals surface area contributed by atoms with Gasteiger partial charge in [-0.1, -0.05) is 5.16 Å². The van der Waals surface area contributed by atoms with Crippen LogP contribution in [0.5, 0.6) is 0 Å². The van der Waals surface area contributed by atoms with Crippen molar-refractivity contribution in [2.75, 3.05) is 13.1 Å². The average molecular weight is 347 g/mol. The van der Waals surface area contributed by atoms with Crippen molar-refractivity contribution in [1.82, 2.24) is 24.2 Å². The maximum atomic E-state index is 12.7. The lowest BCUT2D eigenvalue weighted by molar-refractivity contribution is 0.0677. The maximum absolute atomic E-state index is 12.7. The molecule has 1 aliphatic heterocycles. The number of aromatic nitrogens is 4. The molecule has 1 amide bonds. The Hall–Kier alpha value is -2.71. The Bertz CT molecular complexity index is 902. The summed E-state index contributed by atoms with van der Waals surface area (Å²) >= 11 is 0. The number of hydrogen-bond donors (Lipinski definition) is 0. The average Bonchev–Trinajstić information content (AvgIpc) is 3.01. The third-order valence-electron chi connectivity index (χ3n) is 4.69. The van der Waals surface area contributed by atoms with Crippen LogP contribution in [0, 0.1) is 12.8 Å². The molecule has 0 radical (unpaired) electrons. The fraction of sp³-hybridized carbons (Fsp3) is 0.562. The van der Waals surface area contributed by atoms with E-state index in [0.29, 0.717) is 30.7 Å². The van der Waals surface area contributed by atoms with Crippen molar-refractivity contribution >= 4 is 5.91 Å². The van der Waals surface area contributed by atoms with Crippen LogP contribution >= 0.6 is 0 Å². The molecule has 1 saturated heterocycles. The standard InChI is InChI=1S/C16H21N5O4/c1-10-17-13(18-25-10)8-11-4-6-21(7-5-11)15(23)12-9-14(22)20(3)16(24)19(12)2/h9,11H,4-8H2,1-3H3. The van der Waals surface area contributed by atoms with E-state index in [9.17, 15) is 14.4 Å². The first-order chi connectivity index (χ1) is 11.9. The van der Waals surface area contributed by atoms with Gasteiger partial charge in [0.25, 0.3) is 11.5 Å². The number of carbonyl (C=O) groups is 1. The molecule has 1 fully saturated rings. The van der Waals surface area contributed by atoms with E-state index in [4.69, 9.17) is 4.52 Å². The molecule has 0 spiro atoms. The zero-order valence-electron chi connectivity index (χ0n) is 14.6. The number of amides is 1. The smallest absolute Gasteiger partial charge is 0.331 e. The number of likely N-dealkylation sites (tertiary alicyclic amines) is 1. The predicted octanol–water partition coefficient (Wildman–Crippen LogP) is -0.130. The third kappa shape index (κ3) is 3.40. The number of carbonyl (C=O) groups excluding carboxylic acids is 1. The first-order valence-corrected chi connectivity index (χ1v) is 8.22. The van der Waals surface area contributed by atoms with Crippen molar-refractivity contribution in [2.24, 2.45) is 20.0 Å². The lowest BCUT2D eigenvalue weighted by Gasteiger charge is -2.31. The van der Waals surface area contributed by atoms with Crippen molar-refractivity contribution in [3.05, 3.63) is 44.3 Å². The largest absolute Gasteiger partial charge is 0.340 e. The summed E-state index contributed by atoms with van der Waals surface area (Å²) in [6.45, 7) is 2.90. The summed E-state index contributed by atoms with van der Waals surface area (Å²) in [6.07, 6.45) is 2.36. The minimum absolute atomic E-state index is 0.125. The molecule has 25 heavy (non-hydrogen) atoms. The number of rotatable bonds is 3. The summed E-state index contributed by atoms with van der Waals surface area (Å²) < 4.78 is 7.18. The zero-order valence-corrected chi connectivity index (χ0v) is 14.6. The Kier molecular flexibility index (Phi) is 4.56. The highest BCUT2D eigenvalue weighted by molar-refractivity contribution is 5.92. The molecule has 3 heterocycles. The molecule has 9 nitrogen and oxygen atoms in total. The van der Waals surface area contributed by atoms with Crippen LogP contribution in [0.1, 0.15) is 35.0 Å².